The number of hydrogen-bond acceptors (Lipinski definition) is 4. The van der Waals surface area contributed by atoms with E-state index in [0.717, 1.165) is 11.3 Å². The van der Waals surface area contributed by atoms with E-state index >= 15 is 0 Å². The first-order valence-electron chi connectivity index (χ1n) is 5.18. The third-order valence-corrected chi connectivity index (χ3v) is 4.52. The van der Waals surface area contributed by atoms with E-state index in [9.17, 15) is 13.5 Å². The Labute approximate surface area is 95.2 Å². The summed E-state index contributed by atoms with van der Waals surface area (Å²) in [6.45, 7) is 1.94. The molecular formula is C11H15NO3S. The molecule has 1 saturated heterocycles. The summed E-state index contributed by atoms with van der Waals surface area (Å²) in [7, 11) is -3.09. The zero-order chi connectivity index (χ0) is 11.8. The standard InChI is InChI=1S/C11H15NO3S/c1-8-4-2-3-5-9(8)12-10-6-16(14,15)7-11(10)13/h2-5,10-13H,6-7H2,1H3/t10-,11-/m1/s1. The Morgan fingerprint density at radius 3 is 2.56 bits per heavy atom. The maximum Gasteiger partial charge on any atom is 0.155 e. The van der Waals surface area contributed by atoms with E-state index in [4.69, 9.17) is 0 Å². The smallest absolute Gasteiger partial charge is 0.155 e. The third-order valence-electron chi connectivity index (χ3n) is 2.81. The Hall–Kier alpha value is -1.07. The van der Waals surface area contributed by atoms with Crippen molar-refractivity contribution in [1.29, 1.82) is 0 Å². The average molecular weight is 241 g/mol. The predicted molar refractivity (Wildman–Crippen MR) is 63.3 cm³/mol. The number of aryl methyl sites for hydroxylation is 1. The summed E-state index contributed by atoms with van der Waals surface area (Å²) in [5.74, 6) is -0.140. The minimum Gasteiger partial charge on any atom is -0.390 e. The highest BCUT2D eigenvalue weighted by atomic mass is 32.2. The van der Waals surface area contributed by atoms with Crippen molar-refractivity contribution >= 4 is 15.5 Å². The second kappa shape index (κ2) is 4.07. The van der Waals surface area contributed by atoms with Gasteiger partial charge in [0.1, 0.15) is 0 Å². The summed E-state index contributed by atoms with van der Waals surface area (Å²) in [4.78, 5) is 0. The fraction of sp³-hybridized carbons (Fsp3) is 0.455. The molecule has 1 aliphatic heterocycles. The second-order valence-corrected chi connectivity index (χ2v) is 6.36. The lowest BCUT2D eigenvalue weighted by atomic mass is 10.1. The van der Waals surface area contributed by atoms with Crippen molar-refractivity contribution in [2.75, 3.05) is 16.8 Å². The highest BCUT2D eigenvalue weighted by Gasteiger charge is 2.36. The molecule has 5 heteroatoms. The number of benzene rings is 1. The van der Waals surface area contributed by atoms with Gasteiger partial charge < -0.3 is 10.4 Å². The van der Waals surface area contributed by atoms with Crippen LogP contribution in [0.15, 0.2) is 24.3 Å². The molecule has 1 aliphatic rings. The van der Waals surface area contributed by atoms with Crippen molar-refractivity contribution in [3.05, 3.63) is 29.8 Å². The molecular weight excluding hydrogens is 226 g/mol. The predicted octanol–water partition coefficient (Wildman–Crippen LogP) is 0.565. The van der Waals surface area contributed by atoms with Gasteiger partial charge in [-0.2, -0.15) is 0 Å². The lowest BCUT2D eigenvalue weighted by Gasteiger charge is -2.17. The minimum atomic E-state index is -3.09. The highest BCUT2D eigenvalue weighted by Crippen LogP contribution is 2.20. The summed E-state index contributed by atoms with van der Waals surface area (Å²) in [5, 5.41) is 12.7. The Morgan fingerprint density at radius 2 is 2.00 bits per heavy atom. The van der Waals surface area contributed by atoms with E-state index in [1.807, 2.05) is 31.2 Å². The SMILES string of the molecule is Cc1ccccc1N[C@@H]1CS(=O)(=O)C[C@H]1O. The molecule has 0 aromatic heterocycles. The van der Waals surface area contributed by atoms with Gasteiger partial charge in [-0.3, -0.25) is 0 Å². The van der Waals surface area contributed by atoms with Gasteiger partial charge >= 0.3 is 0 Å². The fourth-order valence-electron chi connectivity index (χ4n) is 1.90. The van der Waals surface area contributed by atoms with Gasteiger partial charge in [0.25, 0.3) is 0 Å². The zero-order valence-corrected chi connectivity index (χ0v) is 9.87. The number of para-hydroxylation sites is 1. The van der Waals surface area contributed by atoms with Crippen LogP contribution in [-0.2, 0) is 9.84 Å². The van der Waals surface area contributed by atoms with Crippen LogP contribution in [0.4, 0.5) is 5.69 Å². The van der Waals surface area contributed by atoms with Gasteiger partial charge in [-0.25, -0.2) is 8.42 Å². The first kappa shape index (κ1) is 11.4. The number of hydrogen-bond donors (Lipinski definition) is 2. The lowest BCUT2D eigenvalue weighted by molar-refractivity contribution is 0.190. The average Bonchev–Trinajstić information content (AvgIpc) is 2.44. The number of anilines is 1. The molecule has 2 rings (SSSR count). The van der Waals surface area contributed by atoms with Crippen molar-refractivity contribution in [2.45, 2.75) is 19.1 Å². The quantitative estimate of drug-likeness (QED) is 0.794. The molecule has 1 aromatic carbocycles. The van der Waals surface area contributed by atoms with Crippen LogP contribution in [0.5, 0.6) is 0 Å². The van der Waals surface area contributed by atoms with Crippen LogP contribution >= 0.6 is 0 Å². The van der Waals surface area contributed by atoms with Gasteiger partial charge in [0.2, 0.25) is 0 Å². The van der Waals surface area contributed by atoms with Crippen LogP contribution in [0.3, 0.4) is 0 Å². The number of aliphatic hydroxyl groups excluding tert-OH is 1. The van der Waals surface area contributed by atoms with Crippen LogP contribution in [0, 0.1) is 6.92 Å². The molecule has 2 N–H and O–H groups in total. The summed E-state index contributed by atoms with van der Waals surface area (Å²) >= 11 is 0. The van der Waals surface area contributed by atoms with E-state index in [1.165, 1.54) is 0 Å². The summed E-state index contributed by atoms with van der Waals surface area (Å²) in [6.07, 6.45) is -0.815. The van der Waals surface area contributed by atoms with Gasteiger partial charge in [0.15, 0.2) is 9.84 Å². The normalized spacial score (nSPS) is 27.9. The molecule has 0 saturated carbocycles. The Bertz CT molecular complexity index is 484. The van der Waals surface area contributed by atoms with E-state index in [0.29, 0.717) is 0 Å². The monoisotopic (exact) mass is 241 g/mol. The largest absolute Gasteiger partial charge is 0.390 e. The number of nitrogens with one attached hydrogen (secondary N) is 1. The van der Waals surface area contributed by atoms with Crippen molar-refractivity contribution < 1.29 is 13.5 Å². The molecule has 1 aromatic rings. The Morgan fingerprint density at radius 1 is 1.31 bits per heavy atom. The molecule has 0 unspecified atom stereocenters. The number of aliphatic hydroxyl groups is 1. The maximum atomic E-state index is 11.3. The molecule has 0 spiro atoms. The topological polar surface area (TPSA) is 66.4 Å². The first-order valence-corrected chi connectivity index (χ1v) is 7.01. The first-order chi connectivity index (χ1) is 7.48. The number of sulfone groups is 1. The summed E-state index contributed by atoms with van der Waals surface area (Å²) in [6, 6.07) is 7.23. The van der Waals surface area contributed by atoms with Crippen molar-refractivity contribution in [1.82, 2.24) is 0 Å². The lowest BCUT2D eigenvalue weighted by Crippen LogP contribution is -2.32. The van der Waals surface area contributed by atoms with E-state index in [1.54, 1.807) is 0 Å². The Kier molecular flexibility index (Phi) is 2.90. The molecule has 0 aliphatic carbocycles. The molecule has 0 amide bonds. The van der Waals surface area contributed by atoms with Crippen LogP contribution in [0.1, 0.15) is 5.56 Å². The van der Waals surface area contributed by atoms with E-state index < -0.39 is 22.0 Å². The minimum absolute atomic E-state index is 0.00248. The van der Waals surface area contributed by atoms with Crippen LogP contribution in [0.2, 0.25) is 0 Å². The molecule has 2 atom stereocenters. The summed E-state index contributed by atoms with van der Waals surface area (Å²) in [5.41, 5.74) is 1.92. The van der Waals surface area contributed by atoms with Gasteiger partial charge in [0.05, 0.1) is 23.7 Å². The molecule has 16 heavy (non-hydrogen) atoms. The molecule has 0 radical (unpaired) electrons. The van der Waals surface area contributed by atoms with Gasteiger partial charge in [-0.15, -0.1) is 0 Å². The van der Waals surface area contributed by atoms with E-state index in [2.05, 4.69) is 5.32 Å². The molecule has 0 bridgehead atoms. The fourth-order valence-corrected chi connectivity index (χ4v) is 3.64. The van der Waals surface area contributed by atoms with Crippen molar-refractivity contribution in [2.24, 2.45) is 0 Å². The second-order valence-electron chi connectivity index (χ2n) is 4.21. The zero-order valence-electron chi connectivity index (χ0n) is 9.05. The molecule has 1 heterocycles. The van der Waals surface area contributed by atoms with E-state index in [-0.39, 0.29) is 11.5 Å². The molecule has 4 nitrogen and oxygen atoms in total. The van der Waals surface area contributed by atoms with Crippen molar-refractivity contribution in [3.63, 3.8) is 0 Å². The highest BCUT2D eigenvalue weighted by molar-refractivity contribution is 7.91. The summed E-state index contributed by atoms with van der Waals surface area (Å²) < 4.78 is 22.7. The number of rotatable bonds is 2. The van der Waals surface area contributed by atoms with Crippen LogP contribution in [0.25, 0.3) is 0 Å². The van der Waals surface area contributed by atoms with Gasteiger partial charge in [-0.1, -0.05) is 18.2 Å². The van der Waals surface area contributed by atoms with Gasteiger partial charge in [0, 0.05) is 5.69 Å². The Balaban J connectivity index is 2.15. The third kappa shape index (κ3) is 2.36. The van der Waals surface area contributed by atoms with Crippen LogP contribution < -0.4 is 5.32 Å². The molecule has 88 valence electrons. The van der Waals surface area contributed by atoms with Gasteiger partial charge in [-0.05, 0) is 18.6 Å². The maximum absolute atomic E-state index is 11.3. The molecule has 1 fully saturated rings. The van der Waals surface area contributed by atoms with Crippen molar-refractivity contribution in [3.8, 4) is 0 Å². The van der Waals surface area contributed by atoms with Crippen LogP contribution in [-0.4, -0.2) is 37.2 Å².